The molecule has 2 aromatic rings. The van der Waals surface area contributed by atoms with Crippen LogP contribution >= 0.6 is 11.6 Å². The van der Waals surface area contributed by atoms with E-state index in [1.54, 1.807) is 13.3 Å². The molecule has 3 heterocycles. The summed E-state index contributed by atoms with van der Waals surface area (Å²) < 4.78 is 10.7. The predicted molar refractivity (Wildman–Crippen MR) is 143 cm³/mol. The molecule has 1 saturated heterocycles. The van der Waals surface area contributed by atoms with Crippen LogP contribution in [0.15, 0.2) is 30.5 Å². The maximum atomic E-state index is 9.84. The van der Waals surface area contributed by atoms with Crippen molar-refractivity contribution in [1.29, 1.82) is 5.26 Å². The summed E-state index contributed by atoms with van der Waals surface area (Å²) in [5, 5.41) is 20.9. The first-order chi connectivity index (χ1) is 17.6. The molecule has 36 heavy (non-hydrogen) atoms. The number of aromatic nitrogens is 2. The van der Waals surface area contributed by atoms with Gasteiger partial charge in [-0.1, -0.05) is 17.7 Å². The number of nitrogens with one attached hydrogen (secondary N) is 3. The Morgan fingerprint density at radius 3 is 2.81 bits per heavy atom. The van der Waals surface area contributed by atoms with Gasteiger partial charge in [-0.25, -0.2) is 9.97 Å². The smallest absolute Gasteiger partial charge is 0.126 e. The number of rotatable bonds is 10. The molecule has 0 bridgehead atoms. The van der Waals surface area contributed by atoms with E-state index in [2.05, 4.69) is 27.0 Å². The molecule has 1 aliphatic carbocycles. The van der Waals surface area contributed by atoms with E-state index >= 15 is 0 Å². The topological polar surface area (TPSA) is 104 Å². The minimum atomic E-state index is -0.433. The summed E-state index contributed by atoms with van der Waals surface area (Å²) in [5.74, 6) is 1.54. The molecule has 1 atom stereocenters. The average molecular weight is 513 g/mol. The van der Waals surface area contributed by atoms with Crippen LogP contribution in [0.3, 0.4) is 0 Å². The van der Waals surface area contributed by atoms with Gasteiger partial charge in [0.25, 0.3) is 0 Å². The molecule has 3 N–H and O–H groups in total. The van der Waals surface area contributed by atoms with Crippen molar-refractivity contribution in [2.45, 2.75) is 57.0 Å². The van der Waals surface area contributed by atoms with E-state index in [0.29, 0.717) is 30.3 Å². The third-order valence-electron chi connectivity index (χ3n) is 7.21. The first kappa shape index (κ1) is 26.6. The largest absolute Gasteiger partial charge is 0.383 e. The molecule has 0 spiro atoms. The Labute approximate surface area is 219 Å². The molecule has 1 unspecified atom stereocenters. The van der Waals surface area contributed by atoms with Gasteiger partial charge in [0, 0.05) is 57.3 Å². The number of nitriles is 1. The van der Waals surface area contributed by atoms with Gasteiger partial charge in [-0.3, -0.25) is 0 Å². The third kappa shape index (κ3) is 7.30. The zero-order valence-corrected chi connectivity index (χ0v) is 21.8. The van der Waals surface area contributed by atoms with Crippen LogP contribution in [0.25, 0.3) is 11.3 Å². The van der Waals surface area contributed by atoms with Crippen molar-refractivity contribution < 1.29 is 9.47 Å². The molecule has 0 aromatic carbocycles. The van der Waals surface area contributed by atoms with Gasteiger partial charge < -0.3 is 25.4 Å². The molecule has 2 aliphatic rings. The van der Waals surface area contributed by atoms with E-state index < -0.39 is 5.41 Å². The number of halogens is 1. The van der Waals surface area contributed by atoms with E-state index in [1.165, 1.54) is 0 Å². The minimum Gasteiger partial charge on any atom is -0.383 e. The summed E-state index contributed by atoms with van der Waals surface area (Å²) in [6, 6.07) is 11.3. The van der Waals surface area contributed by atoms with Gasteiger partial charge in [0.15, 0.2) is 0 Å². The Hall–Kier alpha value is -2.44. The van der Waals surface area contributed by atoms with Gasteiger partial charge in [0.2, 0.25) is 0 Å². The van der Waals surface area contributed by atoms with Crippen molar-refractivity contribution in [2.75, 3.05) is 50.7 Å². The molecule has 8 nitrogen and oxygen atoms in total. The summed E-state index contributed by atoms with van der Waals surface area (Å²) in [7, 11) is 1.73. The molecule has 1 aliphatic heterocycles. The predicted octanol–water partition coefficient (Wildman–Crippen LogP) is 4.88. The van der Waals surface area contributed by atoms with Crippen LogP contribution in [0.5, 0.6) is 0 Å². The number of hydrogen-bond donors (Lipinski definition) is 3. The molecule has 2 fully saturated rings. The van der Waals surface area contributed by atoms with Crippen molar-refractivity contribution in [2.24, 2.45) is 5.41 Å². The zero-order chi connectivity index (χ0) is 25.2. The maximum absolute atomic E-state index is 9.84. The fourth-order valence-corrected chi connectivity index (χ4v) is 5.21. The first-order valence-electron chi connectivity index (χ1n) is 13.0. The second-order valence-corrected chi connectivity index (χ2v) is 10.2. The lowest BCUT2D eigenvalue weighted by atomic mass is 9.82. The van der Waals surface area contributed by atoms with Crippen LogP contribution in [0, 0.1) is 16.7 Å². The highest BCUT2D eigenvalue weighted by molar-refractivity contribution is 6.33. The summed E-state index contributed by atoms with van der Waals surface area (Å²) in [6.07, 6.45) is 8.59. The summed E-state index contributed by atoms with van der Waals surface area (Å²) in [6.45, 7) is 3.53. The van der Waals surface area contributed by atoms with Crippen molar-refractivity contribution in [3.8, 4) is 17.3 Å². The van der Waals surface area contributed by atoms with Crippen LogP contribution in [0.4, 0.5) is 11.6 Å². The second kappa shape index (κ2) is 13.2. The molecule has 0 radical (unpaired) electrons. The minimum absolute atomic E-state index is 0.388. The Morgan fingerprint density at radius 1 is 1.17 bits per heavy atom. The summed E-state index contributed by atoms with van der Waals surface area (Å²) in [4.78, 5) is 9.32. The zero-order valence-electron chi connectivity index (χ0n) is 21.1. The SMILES string of the molecule is COCCNC1CCC(Nc2cc(-c3cccc(NCC4(C#N)CCCOCC4)n3)c(Cl)cn2)CC1. The lowest BCUT2D eigenvalue weighted by molar-refractivity contribution is 0.138. The lowest BCUT2D eigenvalue weighted by Crippen LogP contribution is -2.38. The molecule has 4 rings (SSSR count). The molecular weight excluding hydrogens is 476 g/mol. The van der Waals surface area contributed by atoms with Crippen molar-refractivity contribution in [3.05, 3.63) is 35.5 Å². The molecule has 9 heteroatoms. The normalized spacial score (nSPS) is 24.5. The first-order valence-corrected chi connectivity index (χ1v) is 13.3. The van der Waals surface area contributed by atoms with E-state index in [-0.39, 0.29) is 0 Å². The van der Waals surface area contributed by atoms with Gasteiger partial charge in [-0.15, -0.1) is 0 Å². The molecular formula is C27H37ClN6O2. The fraction of sp³-hybridized carbons (Fsp3) is 0.593. The van der Waals surface area contributed by atoms with Crippen LogP contribution in [-0.4, -0.2) is 62.1 Å². The van der Waals surface area contributed by atoms with Gasteiger partial charge in [0.05, 0.1) is 28.8 Å². The van der Waals surface area contributed by atoms with Crippen molar-refractivity contribution >= 4 is 23.2 Å². The highest BCUT2D eigenvalue weighted by Gasteiger charge is 2.31. The maximum Gasteiger partial charge on any atom is 0.126 e. The monoisotopic (exact) mass is 512 g/mol. The van der Waals surface area contributed by atoms with Gasteiger partial charge in [-0.05, 0) is 63.1 Å². The van der Waals surface area contributed by atoms with E-state index in [1.807, 2.05) is 24.3 Å². The van der Waals surface area contributed by atoms with Crippen LogP contribution in [0.2, 0.25) is 5.02 Å². The number of pyridine rings is 2. The number of methoxy groups -OCH3 is 1. The number of hydrogen-bond acceptors (Lipinski definition) is 8. The third-order valence-corrected chi connectivity index (χ3v) is 7.51. The lowest BCUT2D eigenvalue weighted by Gasteiger charge is -2.30. The van der Waals surface area contributed by atoms with E-state index in [4.69, 9.17) is 26.1 Å². The Bertz CT molecular complexity index is 1010. The molecule has 2 aromatic heterocycles. The van der Waals surface area contributed by atoms with E-state index in [9.17, 15) is 5.26 Å². The molecule has 0 amide bonds. The number of anilines is 2. The fourth-order valence-electron chi connectivity index (χ4n) is 5.01. The highest BCUT2D eigenvalue weighted by atomic mass is 35.5. The average Bonchev–Trinajstić information content (AvgIpc) is 3.16. The quantitative estimate of drug-likeness (QED) is 0.387. The van der Waals surface area contributed by atoms with Crippen LogP contribution in [-0.2, 0) is 9.47 Å². The summed E-state index contributed by atoms with van der Waals surface area (Å²) >= 11 is 6.54. The Balaban J connectivity index is 1.38. The molecule has 194 valence electrons. The highest BCUT2D eigenvalue weighted by Crippen LogP contribution is 2.32. The van der Waals surface area contributed by atoms with Gasteiger partial charge >= 0.3 is 0 Å². The van der Waals surface area contributed by atoms with E-state index in [0.717, 1.165) is 87.6 Å². The van der Waals surface area contributed by atoms with Crippen molar-refractivity contribution in [3.63, 3.8) is 0 Å². The van der Waals surface area contributed by atoms with Crippen LogP contribution < -0.4 is 16.0 Å². The Kier molecular flexibility index (Phi) is 9.76. The standard InChI is InChI=1S/C27H37ClN6O2/c1-35-15-12-30-20-6-8-21(9-7-20)33-26-16-22(23(28)17-31-26)24-4-2-5-25(34-24)32-19-27(18-29)10-3-13-36-14-11-27/h2,4-5,16-17,20-21,30H,3,6-15,19H2,1H3,(H,31,33)(H,32,34). The molecule has 1 saturated carbocycles. The number of ether oxygens (including phenoxy) is 2. The summed E-state index contributed by atoms with van der Waals surface area (Å²) in [5.41, 5.74) is 1.18. The Morgan fingerprint density at radius 2 is 2.00 bits per heavy atom. The van der Waals surface area contributed by atoms with Crippen LogP contribution in [0.1, 0.15) is 44.9 Å². The van der Waals surface area contributed by atoms with Gasteiger partial charge in [-0.2, -0.15) is 5.26 Å². The number of nitrogens with zero attached hydrogens (tertiary/aromatic N) is 3. The second-order valence-electron chi connectivity index (χ2n) is 9.81. The van der Waals surface area contributed by atoms with Gasteiger partial charge in [0.1, 0.15) is 11.6 Å². The van der Waals surface area contributed by atoms with Crippen molar-refractivity contribution in [1.82, 2.24) is 15.3 Å².